The standard InChI is InChI=1S/C13H14INS/c1-9-5-6-11(8-12(9)14)15-10(2)13-4-3-7-16-13/h3-8,10,15H,1-2H3. The van der Waals surface area contributed by atoms with E-state index in [2.05, 4.69) is 77.5 Å². The average Bonchev–Trinajstić information content (AvgIpc) is 2.77. The van der Waals surface area contributed by atoms with E-state index in [1.807, 2.05) is 0 Å². The van der Waals surface area contributed by atoms with E-state index in [4.69, 9.17) is 0 Å². The third-order valence-corrected chi connectivity index (χ3v) is 4.74. The van der Waals surface area contributed by atoms with Gasteiger partial charge in [-0.15, -0.1) is 11.3 Å². The zero-order chi connectivity index (χ0) is 11.5. The smallest absolute Gasteiger partial charge is 0.0578 e. The summed E-state index contributed by atoms with van der Waals surface area (Å²) in [6, 6.07) is 11.1. The Morgan fingerprint density at radius 2 is 2.12 bits per heavy atom. The largest absolute Gasteiger partial charge is 0.378 e. The molecule has 84 valence electrons. The van der Waals surface area contributed by atoms with Crippen molar-refractivity contribution in [2.75, 3.05) is 5.32 Å². The molecular weight excluding hydrogens is 329 g/mol. The first-order chi connectivity index (χ1) is 7.66. The molecule has 1 aromatic carbocycles. The molecule has 0 aliphatic carbocycles. The second-order valence-corrected chi connectivity index (χ2v) is 5.99. The highest BCUT2D eigenvalue weighted by Gasteiger charge is 2.06. The predicted octanol–water partition coefficient (Wildman–Crippen LogP) is 4.83. The molecule has 1 heterocycles. The highest BCUT2D eigenvalue weighted by molar-refractivity contribution is 14.1. The van der Waals surface area contributed by atoms with Gasteiger partial charge in [-0.1, -0.05) is 12.1 Å². The van der Waals surface area contributed by atoms with Gasteiger partial charge in [-0.25, -0.2) is 0 Å². The lowest BCUT2D eigenvalue weighted by molar-refractivity contribution is 0.908. The van der Waals surface area contributed by atoms with Crippen molar-refractivity contribution in [2.24, 2.45) is 0 Å². The minimum Gasteiger partial charge on any atom is -0.378 e. The van der Waals surface area contributed by atoms with Crippen LogP contribution in [0.25, 0.3) is 0 Å². The van der Waals surface area contributed by atoms with Crippen LogP contribution in [0.15, 0.2) is 35.7 Å². The maximum absolute atomic E-state index is 3.52. The van der Waals surface area contributed by atoms with Crippen molar-refractivity contribution in [3.05, 3.63) is 49.7 Å². The Kier molecular flexibility index (Phi) is 3.86. The van der Waals surface area contributed by atoms with Gasteiger partial charge in [0, 0.05) is 14.1 Å². The number of anilines is 1. The number of benzene rings is 1. The Labute approximate surface area is 114 Å². The van der Waals surface area contributed by atoms with E-state index in [1.54, 1.807) is 11.3 Å². The summed E-state index contributed by atoms with van der Waals surface area (Å²) in [5.41, 5.74) is 2.52. The number of halogens is 1. The van der Waals surface area contributed by atoms with Crippen molar-refractivity contribution in [3.8, 4) is 0 Å². The molecule has 1 atom stereocenters. The van der Waals surface area contributed by atoms with E-state index in [1.165, 1.54) is 19.7 Å². The van der Waals surface area contributed by atoms with Gasteiger partial charge in [0.25, 0.3) is 0 Å². The summed E-state index contributed by atoms with van der Waals surface area (Å²) in [7, 11) is 0. The molecule has 1 nitrogen and oxygen atoms in total. The predicted molar refractivity (Wildman–Crippen MR) is 80.3 cm³/mol. The molecule has 0 fully saturated rings. The fourth-order valence-electron chi connectivity index (χ4n) is 1.54. The number of aryl methyl sites for hydroxylation is 1. The molecule has 0 aliphatic rings. The third-order valence-electron chi connectivity index (χ3n) is 2.52. The summed E-state index contributed by atoms with van der Waals surface area (Å²) in [5.74, 6) is 0. The molecule has 3 heteroatoms. The van der Waals surface area contributed by atoms with Crippen LogP contribution in [0.3, 0.4) is 0 Å². The summed E-state index contributed by atoms with van der Waals surface area (Å²) in [6.45, 7) is 4.33. The third kappa shape index (κ3) is 2.77. The van der Waals surface area contributed by atoms with E-state index in [0.717, 1.165) is 0 Å². The van der Waals surface area contributed by atoms with Crippen LogP contribution in [0.2, 0.25) is 0 Å². The first kappa shape index (κ1) is 11.9. The van der Waals surface area contributed by atoms with Gasteiger partial charge < -0.3 is 5.32 Å². The Morgan fingerprint density at radius 3 is 2.75 bits per heavy atom. The van der Waals surface area contributed by atoms with Gasteiger partial charge in [0.2, 0.25) is 0 Å². The molecule has 2 rings (SSSR count). The molecule has 1 unspecified atom stereocenters. The second-order valence-electron chi connectivity index (χ2n) is 3.85. The lowest BCUT2D eigenvalue weighted by Gasteiger charge is -2.14. The summed E-state index contributed by atoms with van der Waals surface area (Å²) in [4.78, 5) is 1.37. The highest BCUT2D eigenvalue weighted by atomic mass is 127. The highest BCUT2D eigenvalue weighted by Crippen LogP contribution is 2.24. The van der Waals surface area contributed by atoms with Crippen molar-refractivity contribution in [2.45, 2.75) is 19.9 Å². The van der Waals surface area contributed by atoms with Crippen LogP contribution in [-0.4, -0.2) is 0 Å². The average molecular weight is 343 g/mol. The maximum Gasteiger partial charge on any atom is 0.0578 e. The molecule has 0 saturated carbocycles. The van der Waals surface area contributed by atoms with Crippen LogP contribution in [0, 0.1) is 10.5 Å². The van der Waals surface area contributed by atoms with Crippen LogP contribution >= 0.6 is 33.9 Å². The lowest BCUT2D eigenvalue weighted by Crippen LogP contribution is -2.04. The number of hydrogen-bond acceptors (Lipinski definition) is 2. The normalized spacial score (nSPS) is 12.4. The van der Waals surface area contributed by atoms with Crippen molar-refractivity contribution >= 4 is 39.6 Å². The molecule has 0 amide bonds. The van der Waals surface area contributed by atoms with Crippen LogP contribution in [0.5, 0.6) is 0 Å². The number of thiophene rings is 1. The van der Waals surface area contributed by atoms with Crippen LogP contribution in [0.4, 0.5) is 5.69 Å². The van der Waals surface area contributed by atoms with Gasteiger partial charge in [0.05, 0.1) is 6.04 Å². The first-order valence-corrected chi connectivity index (χ1v) is 7.19. The van der Waals surface area contributed by atoms with Crippen molar-refractivity contribution in [1.82, 2.24) is 0 Å². The van der Waals surface area contributed by atoms with Gasteiger partial charge in [-0.2, -0.15) is 0 Å². The minimum atomic E-state index is 0.374. The van der Waals surface area contributed by atoms with Gasteiger partial charge in [-0.3, -0.25) is 0 Å². The number of rotatable bonds is 3. The Bertz CT molecular complexity index is 465. The Balaban J connectivity index is 2.12. The zero-order valence-electron chi connectivity index (χ0n) is 9.33. The first-order valence-electron chi connectivity index (χ1n) is 5.23. The van der Waals surface area contributed by atoms with E-state index in [-0.39, 0.29) is 0 Å². The zero-order valence-corrected chi connectivity index (χ0v) is 12.3. The minimum absolute atomic E-state index is 0.374. The molecule has 0 spiro atoms. The molecular formula is C13H14INS. The summed E-state index contributed by atoms with van der Waals surface area (Å²) < 4.78 is 1.31. The summed E-state index contributed by atoms with van der Waals surface area (Å²) in [6.07, 6.45) is 0. The van der Waals surface area contributed by atoms with Crippen molar-refractivity contribution < 1.29 is 0 Å². The molecule has 0 bridgehead atoms. The molecule has 16 heavy (non-hydrogen) atoms. The molecule has 0 aliphatic heterocycles. The lowest BCUT2D eigenvalue weighted by atomic mass is 10.2. The SMILES string of the molecule is Cc1ccc(NC(C)c2cccs2)cc1I. The Morgan fingerprint density at radius 1 is 1.31 bits per heavy atom. The fraction of sp³-hybridized carbons (Fsp3) is 0.231. The van der Waals surface area contributed by atoms with E-state index < -0.39 is 0 Å². The summed E-state index contributed by atoms with van der Waals surface area (Å²) >= 11 is 4.17. The van der Waals surface area contributed by atoms with E-state index in [0.29, 0.717) is 6.04 Å². The van der Waals surface area contributed by atoms with Crippen molar-refractivity contribution in [1.29, 1.82) is 0 Å². The molecule has 2 aromatic rings. The van der Waals surface area contributed by atoms with E-state index in [9.17, 15) is 0 Å². The Hall–Kier alpha value is -0.550. The van der Waals surface area contributed by atoms with Gasteiger partial charge in [-0.05, 0) is 65.6 Å². The van der Waals surface area contributed by atoms with Crippen LogP contribution < -0.4 is 5.32 Å². The van der Waals surface area contributed by atoms with Gasteiger partial charge >= 0.3 is 0 Å². The monoisotopic (exact) mass is 343 g/mol. The van der Waals surface area contributed by atoms with Gasteiger partial charge in [0.15, 0.2) is 0 Å². The quantitative estimate of drug-likeness (QED) is 0.787. The number of hydrogen-bond donors (Lipinski definition) is 1. The summed E-state index contributed by atoms with van der Waals surface area (Å²) in [5, 5.41) is 5.64. The molecule has 1 aromatic heterocycles. The fourth-order valence-corrected chi connectivity index (χ4v) is 2.79. The van der Waals surface area contributed by atoms with Crippen molar-refractivity contribution in [3.63, 3.8) is 0 Å². The molecule has 1 N–H and O–H groups in total. The number of nitrogens with one attached hydrogen (secondary N) is 1. The topological polar surface area (TPSA) is 12.0 Å². The van der Waals surface area contributed by atoms with E-state index >= 15 is 0 Å². The molecule has 0 saturated heterocycles. The maximum atomic E-state index is 3.52. The molecule has 0 radical (unpaired) electrons. The van der Waals surface area contributed by atoms with Crippen LogP contribution in [-0.2, 0) is 0 Å². The van der Waals surface area contributed by atoms with Gasteiger partial charge in [0.1, 0.15) is 0 Å². The second kappa shape index (κ2) is 5.19. The van der Waals surface area contributed by atoms with Crippen LogP contribution in [0.1, 0.15) is 23.4 Å².